The summed E-state index contributed by atoms with van der Waals surface area (Å²) in [4.78, 5) is 78.2. The van der Waals surface area contributed by atoms with E-state index in [-0.39, 0.29) is 41.8 Å². The fourth-order valence-corrected chi connectivity index (χ4v) is 8.73. The van der Waals surface area contributed by atoms with Crippen LogP contribution in [-0.4, -0.2) is 104 Å². The maximum Gasteiger partial charge on any atom is 0.262 e. The summed E-state index contributed by atoms with van der Waals surface area (Å²) >= 11 is 0. The van der Waals surface area contributed by atoms with Crippen molar-refractivity contribution >= 4 is 52.1 Å². The van der Waals surface area contributed by atoms with Crippen molar-refractivity contribution in [3.8, 4) is 22.8 Å². The molecule has 4 N–H and O–H groups in total. The highest BCUT2D eigenvalue weighted by molar-refractivity contribution is 6.23. The van der Waals surface area contributed by atoms with Gasteiger partial charge in [0, 0.05) is 56.3 Å². The summed E-state index contributed by atoms with van der Waals surface area (Å²) in [5.74, 6) is -0.377. The first-order valence-electron chi connectivity index (χ1n) is 20.1. The number of ether oxygens (including phenoxy) is 1. The van der Waals surface area contributed by atoms with Gasteiger partial charge in [0.15, 0.2) is 5.65 Å². The van der Waals surface area contributed by atoms with Crippen molar-refractivity contribution in [2.24, 2.45) is 5.92 Å². The minimum absolute atomic E-state index is 0.0305. The average molecular weight is 797 g/mol. The second-order valence-corrected chi connectivity index (χ2v) is 15.5. The van der Waals surface area contributed by atoms with E-state index in [1.165, 1.54) is 6.33 Å². The van der Waals surface area contributed by atoms with Crippen molar-refractivity contribution in [2.45, 2.75) is 50.6 Å². The van der Waals surface area contributed by atoms with Gasteiger partial charge in [-0.1, -0.05) is 18.2 Å². The molecule has 3 fully saturated rings. The van der Waals surface area contributed by atoms with Gasteiger partial charge in [-0.15, -0.1) is 0 Å². The molecule has 59 heavy (non-hydrogen) atoms. The van der Waals surface area contributed by atoms with E-state index in [1.807, 2.05) is 59.3 Å². The zero-order valence-corrected chi connectivity index (χ0v) is 32.4. The predicted octanol–water partition coefficient (Wildman–Crippen LogP) is 3.94. The van der Waals surface area contributed by atoms with Crippen LogP contribution >= 0.6 is 0 Å². The molecule has 4 aliphatic rings. The van der Waals surface area contributed by atoms with Crippen LogP contribution in [0.1, 0.15) is 65.3 Å². The van der Waals surface area contributed by atoms with E-state index in [9.17, 15) is 24.0 Å². The number of nitrogens with one attached hydrogen (secondary N) is 2. The van der Waals surface area contributed by atoms with Gasteiger partial charge in [-0.3, -0.25) is 39.1 Å². The summed E-state index contributed by atoms with van der Waals surface area (Å²) in [6.45, 7) is 4.11. The lowest BCUT2D eigenvalue weighted by Crippen LogP contribution is -2.54. The van der Waals surface area contributed by atoms with Crippen molar-refractivity contribution in [1.82, 2.24) is 40.2 Å². The van der Waals surface area contributed by atoms with Gasteiger partial charge in [0.05, 0.1) is 22.6 Å². The van der Waals surface area contributed by atoms with E-state index in [0.29, 0.717) is 56.2 Å². The minimum atomic E-state index is -1.01. The molecule has 3 aromatic carbocycles. The SMILES string of the molecule is Nc1ncnc2c1c(-c1ccc(Oc3ccccc3)cc1)nn2C1CCCN(CCNC(=O)C2CCN(c3ccc4c(c3)C(=O)N(C3CCC(=O)NC3=O)C4=O)CC2)C1. The van der Waals surface area contributed by atoms with Gasteiger partial charge < -0.3 is 20.7 Å². The van der Waals surface area contributed by atoms with E-state index in [0.717, 1.165) is 58.9 Å². The zero-order valence-electron chi connectivity index (χ0n) is 32.4. The summed E-state index contributed by atoms with van der Waals surface area (Å²) < 4.78 is 7.98. The molecule has 16 heteroatoms. The number of fused-ring (bicyclic) bond motifs is 2. The number of nitrogens with two attached hydrogens (primary N) is 1. The largest absolute Gasteiger partial charge is 0.457 e. The number of piperidine rings is 3. The number of rotatable bonds is 10. The number of para-hydroxylation sites is 1. The van der Waals surface area contributed by atoms with Gasteiger partial charge in [-0.2, -0.15) is 5.10 Å². The molecular weight excluding hydrogens is 753 g/mol. The Morgan fingerprint density at radius 1 is 0.864 bits per heavy atom. The van der Waals surface area contributed by atoms with E-state index in [1.54, 1.807) is 18.2 Å². The van der Waals surface area contributed by atoms with E-state index in [4.69, 9.17) is 15.6 Å². The van der Waals surface area contributed by atoms with Gasteiger partial charge in [0.25, 0.3) is 11.8 Å². The van der Waals surface area contributed by atoms with Gasteiger partial charge in [0.2, 0.25) is 17.7 Å². The molecule has 0 bridgehead atoms. The summed E-state index contributed by atoms with van der Waals surface area (Å²) in [7, 11) is 0. The van der Waals surface area contributed by atoms with Crippen molar-refractivity contribution in [1.29, 1.82) is 0 Å². The highest BCUT2D eigenvalue weighted by atomic mass is 16.5. The van der Waals surface area contributed by atoms with Crippen molar-refractivity contribution in [3.63, 3.8) is 0 Å². The number of amides is 5. The fraction of sp³-hybridized carbons (Fsp3) is 0.349. The molecule has 0 saturated carbocycles. The number of imide groups is 2. The molecule has 2 unspecified atom stereocenters. The van der Waals surface area contributed by atoms with Crippen LogP contribution in [0.5, 0.6) is 11.5 Å². The standard InChI is InChI=1S/C43H44N10O6/c44-38-36-37(26-8-11-31(12-9-26)59-30-6-2-1-3-7-30)49-53(39(36)47-25-46-38)29-5-4-19-50(24-29)22-18-45-40(55)27-16-20-51(21-17-27)28-10-13-32-33(23-28)43(58)52(42(32)57)34-14-15-35(54)48-41(34)56/h1-3,6-13,23,25,27,29,34H,4-5,14-22,24H2,(H,45,55)(H2,44,46,47)(H,48,54,56). The maximum absolute atomic E-state index is 13.3. The molecule has 302 valence electrons. The monoisotopic (exact) mass is 796 g/mol. The van der Waals surface area contributed by atoms with Gasteiger partial charge in [-0.25, -0.2) is 14.6 Å². The summed E-state index contributed by atoms with van der Waals surface area (Å²) in [5.41, 5.74) is 10.00. The number of nitrogens with zero attached hydrogens (tertiary/aromatic N) is 7. The van der Waals surface area contributed by atoms with Crippen molar-refractivity contribution < 1.29 is 28.7 Å². The average Bonchev–Trinajstić information content (AvgIpc) is 3.77. The number of nitrogen functional groups attached to an aromatic ring is 1. The number of carbonyl (C=O) groups excluding carboxylic acids is 5. The lowest BCUT2D eigenvalue weighted by molar-refractivity contribution is -0.136. The van der Waals surface area contributed by atoms with E-state index < -0.39 is 29.7 Å². The smallest absolute Gasteiger partial charge is 0.262 e. The van der Waals surface area contributed by atoms with E-state index in [2.05, 4.69) is 30.4 Å². The third kappa shape index (κ3) is 7.46. The van der Waals surface area contributed by atoms with Crippen LogP contribution < -0.4 is 26.0 Å². The quantitative estimate of drug-likeness (QED) is 0.173. The second kappa shape index (κ2) is 15.9. The Bertz CT molecular complexity index is 2450. The third-order valence-corrected chi connectivity index (χ3v) is 11.8. The summed E-state index contributed by atoms with van der Waals surface area (Å²) in [6.07, 6.45) is 4.84. The molecule has 9 rings (SSSR count). The molecule has 6 heterocycles. The number of anilines is 2. The molecule has 0 aliphatic carbocycles. The van der Waals surface area contributed by atoms with Crippen molar-refractivity contribution in [2.75, 3.05) is 49.9 Å². The molecule has 2 atom stereocenters. The lowest BCUT2D eigenvalue weighted by Gasteiger charge is -2.34. The second-order valence-electron chi connectivity index (χ2n) is 15.5. The Labute approximate surface area is 339 Å². The maximum atomic E-state index is 13.3. The molecule has 4 aliphatic heterocycles. The first-order valence-corrected chi connectivity index (χ1v) is 20.1. The Morgan fingerprint density at radius 2 is 1.63 bits per heavy atom. The molecule has 3 saturated heterocycles. The number of carbonyl (C=O) groups is 5. The number of aromatic nitrogens is 4. The highest BCUT2D eigenvalue weighted by Gasteiger charge is 2.45. The first-order chi connectivity index (χ1) is 28.7. The highest BCUT2D eigenvalue weighted by Crippen LogP contribution is 2.36. The number of likely N-dealkylation sites (tertiary alicyclic amines) is 1. The molecular formula is C43H44N10O6. The molecule has 0 spiro atoms. The van der Waals surface area contributed by atoms with Crippen LogP contribution in [0.4, 0.5) is 11.5 Å². The molecule has 5 amide bonds. The normalized spacial score (nSPS) is 20.2. The van der Waals surface area contributed by atoms with Gasteiger partial charge >= 0.3 is 0 Å². The Hall–Kier alpha value is -6.68. The van der Waals surface area contributed by atoms with Crippen molar-refractivity contribution in [3.05, 3.63) is 90.3 Å². The molecule has 16 nitrogen and oxygen atoms in total. The Balaban J connectivity index is 0.784. The topological polar surface area (TPSA) is 198 Å². The van der Waals surface area contributed by atoms with Gasteiger partial charge in [-0.05, 0) is 93.2 Å². The lowest BCUT2D eigenvalue weighted by atomic mass is 9.95. The summed E-state index contributed by atoms with van der Waals surface area (Å²) in [6, 6.07) is 21.6. The molecule has 5 aromatic rings. The zero-order chi connectivity index (χ0) is 40.6. The Kier molecular flexibility index (Phi) is 10.2. The van der Waals surface area contributed by atoms with Crippen LogP contribution in [0, 0.1) is 5.92 Å². The minimum Gasteiger partial charge on any atom is -0.457 e. The molecule has 0 radical (unpaired) electrons. The van der Waals surface area contributed by atoms with E-state index >= 15 is 0 Å². The molecule has 2 aromatic heterocycles. The first kappa shape index (κ1) is 37.9. The fourth-order valence-electron chi connectivity index (χ4n) is 8.73. The number of hydrogen-bond acceptors (Lipinski definition) is 12. The van der Waals surface area contributed by atoms with Crippen LogP contribution in [0.3, 0.4) is 0 Å². The Morgan fingerprint density at radius 3 is 2.41 bits per heavy atom. The predicted molar refractivity (Wildman–Crippen MR) is 217 cm³/mol. The number of hydrogen-bond donors (Lipinski definition) is 3. The van der Waals surface area contributed by atoms with Gasteiger partial charge in [0.1, 0.15) is 35.4 Å². The van der Waals surface area contributed by atoms with Crippen LogP contribution in [-0.2, 0) is 14.4 Å². The third-order valence-electron chi connectivity index (χ3n) is 11.8. The number of benzene rings is 3. The summed E-state index contributed by atoms with van der Waals surface area (Å²) in [5, 5.41) is 11.2. The van der Waals surface area contributed by atoms with Crippen LogP contribution in [0.15, 0.2) is 79.1 Å². The van der Waals surface area contributed by atoms with Crippen LogP contribution in [0.2, 0.25) is 0 Å². The van der Waals surface area contributed by atoms with Crippen LogP contribution in [0.25, 0.3) is 22.3 Å².